The Bertz CT molecular complexity index is 808. The van der Waals surface area contributed by atoms with Gasteiger partial charge in [0.2, 0.25) is 5.91 Å². The van der Waals surface area contributed by atoms with Crippen molar-refractivity contribution in [3.05, 3.63) is 57.4 Å². The fraction of sp³-hybridized carbons (Fsp3) is 0.474. The van der Waals surface area contributed by atoms with E-state index in [9.17, 15) is 14.9 Å². The van der Waals surface area contributed by atoms with Crippen LogP contribution >= 0.6 is 0 Å². The maximum atomic E-state index is 12.4. The van der Waals surface area contributed by atoms with Gasteiger partial charge in [-0.3, -0.25) is 19.6 Å². The second kappa shape index (κ2) is 7.27. The summed E-state index contributed by atoms with van der Waals surface area (Å²) in [7, 11) is 0. The molecule has 1 saturated carbocycles. The van der Waals surface area contributed by atoms with Crippen molar-refractivity contribution in [2.45, 2.75) is 51.5 Å². The molecule has 0 unspecified atom stereocenters. The zero-order valence-corrected chi connectivity index (χ0v) is 15.2. The van der Waals surface area contributed by atoms with E-state index in [2.05, 4.69) is 22.5 Å². The number of carbonyl (C=O) groups excluding carboxylic acids is 1. The van der Waals surface area contributed by atoms with Crippen molar-refractivity contribution in [3.8, 4) is 0 Å². The van der Waals surface area contributed by atoms with Crippen molar-refractivity contribution in [2.75, 3.05) is 6.54 Å². The van der Waals surface area contributed by atoms with E-state index in [1.54, 1.807) is 13.8 Å². The Morgan fingerprint density at radius 2 is 1.92 bits per heavy atom. The lowest BCUT2D eigenvalue weighted by Gasteiger charge is -2.30. The summed E-state index contributed by atoms with van der Waals surface area (Å²) in [6.07, 6.45) is 4.44. The molecule has 1 N–H and O–H groups in total. The smallest absolute Gasteiger partial charge is 0.312 e. The van der Waals surface area contributed by atoms with E-state index in [0.717, 1.165) is 25.7 Å². The number of hydrogen-bond acceptors (Lipinski definition) is 4. The number of amides is 1. The molecule has 1 fully saturated rings. The molecule has 0 aliphatic heterocycles. The van der Waals surface area contributed by atoms with Crippen LogP contribution in [0.25, 0.3) is 0 Å². The van der Waals surface area contributed by atoms with Crippen molar-refractivity contribution >= 4 is 11.6 Å². The van der Waals surface area contributed by atoms with Gasteiger partial charge in [0.15, 0.2) is 0 Å². The molecule has 0 bridgehead atoms. The van der Waals surface area contributed by atoms with Crippen LogP contribution in [0, 0.1) is 24.0 Å². The summed E-state index contributed by atoms with van der Waals surface area (Å²) in [4.78, 5) is 23.1. The molecular weight excluding hydrogens is 332 g/mol. The Labute approximate surface area is 152 Å². The molecule has 0 saturated heterocycles. The minimum Gasteiger partial charge on any atom is -0.354 e. The van der Waals surface area contributed by atoms with Crippen LogP contribution < -0.4 is 5.32 Å². The summed E-state index contributed by atoms with van der Waals surface area (Å²) in [6, 6.07) is 10.3. The molecule has 7 nitrogen and oxygen atoms in total. The van der Waals surface area contributed by atoms with Gasteiger partial charge in [-0.15, -0.1) is 0 Å². The number of hydrogen-bond donors (Lipinski definition) is 1. The topological polar surface area (TPSA) is 90.1 Å². The highest BCUT2D eigenvalue weighted by atomic mass is 16.6. The van der Waals surface area contributed by atoms with Crippen LogP contribution in [0.3, 0.4) is 0 Å². The molecule has 7 heteroatoms. The van der Waals surface area contributed by atoms with Gasteiger partial charge in [0, 0.05) is 12.0 Å². The Morgan fingerprint density at radius 3 is 2.50 bits per heavy atom. The SMILES string of the molecule is Cc1nn(CC(=O)NCC2(c3ccccc3)CCCC2)c(C)c1[N+](=O)[O-]. The molecule has 3 rings (SSSR count). The third-order valence-corrected chi connectivity index (χ3v) is 5.39. The van der Waals surface area contributed by atoms with Gasteiger partial charge in [0.25, 0.3) is 0 Å². The van der Waals surface area contributed by atoms with Gasteiger partial charge < -0.3 is 5.32 Å². The van der Waals surface area contributed by atoms with Crippen LogP contribution in [0.1, 0.15) is 42.6 Å². The molecule has 1 aliphatic carbocycles. The lowest BCUT2D eigenvalue weighted by Crippen LogP contribution is -2.40. The van der Waals surface area contributed by atoms with Crippen LogP contribution in [0.5, 0.6) is 0 Å². The van der Waals surface area contributed by atoms with Gasteiger partial charge in [-0.05, 0) is 32.3 Å². The number of aryl methyl sites for hydroxylation is 1. The van der Waals surface area contributed by atoms with E-state index in [1.807, 2.05) is 18.2 Å². The van der Waals surface area contributed by atoms with Crippen LogP contribution in [0.15, 0.2) is 30.3 Å². The van der Waals surface area contributed by atoms with Crippen LogP contribution in [-0.4, -0.2) is 27.2 Å². The largest absolute Gasteiger partial charge is 0.354 e. The third kappa shape index (κ3) is 3.47. The summed E-state index contributed by atoms with van der Waals surface area (Å²) in [5, 5.41) is 18.3. The molecule has 1 aromatic heterocycles. The average Bonchev–Trinajstić information content (AvgIpc) is 3.20. The van der Waals surface area contributed by atoms with E-state index < -0.39 is 4.92 Å². The number of rotatable bonds is 6. The van der Waals surface area contributed by atoms with Crippen LogP contribution in [0.4, 0.5) is 5.69 Å². The summed E-state index contributed by atoms with van der Waals surface area (Å²) in [5.41, 5.74) is 1.96. The summed E-state index contributed by atoms with van der Waals surface area (Å²) < 4.78 is 1.41. The number of benzene rings is 1. The first-order valence-electron chi connectivity index (χ1n) is 8.93. The van der Waals surface area contributed by atoms with Crippen molar-refractivity contribution in [1.82, 2.24) is 15.1 Å². The lowest BCUT2D eigenvalue weighted by atomic mass is 9.79. The monoisotopic (exact) mass is 356 g/mol. The summed E-state index contributed by atoms with van der Waals surface area (Å²) in [5.74, 6) is -0.173. The van der Waals surface area contributed by atoms with Gasteiger partial charge in [-0.2, -0.15) is 5.10 Å². The Balaban J connectivity index is 1.69. The fourth-order valence-electron chi connectivity index (χ4n) is 3.98. The fourth-order valence-corrected chi connectivity index (χ4v) is 3.98. The van der Waals surface area contributed by atoms with Gasteiger partial charge in [0.05, 0.1) is 4.92 Å². The molecule has 0 atom stereocenters. The average molecular weight is 356 g/mol. The first-order valence-corrected chi connectivity index (χ1v) is 8.93. The highest BCUT2D eigenvalue weighted by Gasteiger charge is 2.35. The first kappa shape index (κ1) is 18.1. The van der Waals surface area contributed by atoms with Crippen LogP contribution in [0.2, 0.25) is 0 Å². The molecule has 2 aromatic rings. The molecule has 26 heavy (non-hydrogen) atoms. The summed E-state index contributed by atoms with van der Waals surface area (Å²) in [6.45, 7) is 3.78. The summed E-state index contributed by atoms with van der Waals surface area (Å²) >= 11 is 0. The zero-order valence-electron chi connectivity index (χ0n) is 15.2. The second-order valence-electron chi connectivity index (χ2n) is 7.06. The Hall–Kier alpha value is -2.70. The number of aromatic nitrogens is 2. The number of nitro groups is 1. The maximum Gasteiger partial charge on any atom is 0.312 e. The predicted molar refractivity (Wildman–Crippen MR) is 98.0 cm³/mol. The molecular formula is C19H24N4O3. The van der Waals surface area contributed by atoms with Gasteiger partial charge in [-0.25, -0.2) is 0 Å². The normalized spacial score (nSPS) is 15.8. The minimum atomic E-state index is -0.449. The number of carbonyl (C=O) groups is 1. The van der Waals surface area contributed by atoms with E-state index in [0.29, 0.717) is 17.9 Å². The Morgan fingerprint density at radius 1 is 1.27 bits per heavy atom. The van der Waals surface area contributed by atoms with E-state index in [1.165, 1.54) is 10.2 Å². The predicted octanol–water partition coefficient (Wildman–Crippen LogP) is 3.04. The molecule has 0 spiro atoms. The second-order valence-corrected chi connectivity index (χ2v) is 7.06. The Kier molecular flexibility index (Phi) is 5.06. The van der Waals surface area contributed by atoms with E-state index in [4.69, 9.17) is 0 Å². The highest BCUT2D eigenvalue weighted by molar-refractivity contribution is 5.76. The minimum absolute atomic E-state index is 0.00855. The highest BCUT2D eigenvalue weighted by Crippen LogP contribution is 2.40. The molecule has 1 heterocycles. The van der Waals surface area contributed by atoms with Gasteiger partial charge in [-0.1, -0.05) is 43.2 Å². The number of nitrogens with zero attached hydrogens (tertiary/aromatic N) is 3. The van der Waals surface area contributed by atoms with E-state index in [-0.39, 0.29) is 23.6 Å². The van der Waals surface area contributed by atoms with Crippen molar-refractivity contribution in [2.24, 2.45) is 0 Å². The molecule has 138 valence electrons. The van der Waals surface area contributed by atoms with Crippen molar-refractivity contribution in [3.63, 3.8) is 0 Å². The van der Waals surface area contributed by atoms with Crippen LogP contribution in [-0.2, 0) is 16.8 Å². The molecule has 1 aromatic carbocycles. The standard InChI is InChI=1S/C19H24N4O3/c1-14-18(23(25)26)15(2)22(21-14)12-17(24)20-13-19(10-6-7-11-19)16-8-4-3-5-9-16/h3-5,8-9H,6-7,10-13H2,1-2H3,(H,20,24). The number of nitrogens with one attached hydrogen (secondary N) is 1. The molecule has 1 aliphatic rings. The van der Waals surface area contributed by atoms with E-state index >= 15 is 0 Å². The lowest BCUT2D eigenvalue weighted by molar-refractivity contribution is -0.386. The molecule has 1 amide bonds. The quantitative estimate of drug-likeness (QED) is 0.636. The van der Waals surface area contributed by atoms with Crippen molar-refractivity contribution in [1.29, 1.82) is 0 Å². The molecule has 0 radical (unpaired) electrons. The zero-order chi connectivity index (χ0) is 18.7. The first-order chi connectivity index (χ1) is 12.4. The van der Waals surface area contributed by atoms with Crippen molar-refractivity contribution < 1.29 is 9.72 Å². The van der Waals surface area contributed by atoms with Gasteiger partial charge >= 0.3 is 5.69 Å². The maximum absolute atomic E-state index is 12.4. The third-order valence-electron chi connectivity index (χ3n) is 5.39. The van der Waals surface area contributed by atoms with Gasteiger partial charge in [0.1, 0.15) is 17.9 Å².